The van der Waals surface area contributed by atoms with Gasteiger partial charge in [-0.15, -0.1) is 0 Å². The van der Waals surface area contributed by atoms with Gasteiger partial charge in [0.15, 0.2) is 17.3 Å². The Labute approximate surface area is 181 Å². The summed E-state index contributed by atoms with van der Waals surface area (Å²) in [6.07, 6.45) is 3.42. The van der Waals surface area contributed by atoms with Crippen molar-refractivity contribution in [1.29, 1.82) is 0 Å². The van der Waals surface area contributed by atoms with Crippen LogP contribution in [0.5, 0.6) is 17.2 Å². The second kappa shape index (κ2) is 6.99. The molecule has 0 saturated carbocycles. The SMILES string of the molecule is COc1c2c(cc3c1[C@@H](CC(=O)c1ccc4c5c(cccc15)CC4)N(C)CC3)OCO2. The van der Waals surface area contributed by atoms with Crippen molar-refractivity contribution in [2.45, 2.75) is 31.7 Å². The molecule has 3 aromatic rings. The number of fused-ring (bicyclic) bond motifs is 2. The van der Waals surface area contributed by atoms with Gasteiger partial charge in [0.1, 0.15) is 0 Å². The third-order valence-electron chi connectivity index (χ3n) is 7.10. The average Bonchev–Trinajstić information content (AvgIpc) is 3.42. The standard InChI is InChI=1S/C26H25NO4/c1-27-11-10-17-12-22-25(31-14-30-22)26(29-2)24(17)20(27)13-21(28)18-9-8-16-7-6-15-4-3-5-19(18)23(15)16/h3-5,8-9,12,20H,6-7,10-11,13-14H2,1-2H3/t20-/m1/s1. The quantitative estimate of drug-likeness (QED) is 0.588. The Balaban J connectivity index is 1.42. The van der Waals surface area contributed by atoms with Gasteiger partial charge in [-0.25, -0.2) is 0 Å². The van der Waals surface area contributed by atoms with Gasteiger partial charge in [-0.05, 0) is 59.8 Å². The van der Waals surface area contributed by atoms with E-state index in [0.29, 0.717) is 17.9 Å². The number of Topliss-reactive ketones (excluding diaryl/α,β-unsaturated/α-hetero) is 1. The number of carbonyl (C=O) groups excluding carboxylic acids is 1. The lowest BCUT2D eigenvalue weighted by molar-refractivity contribution is 0.0927. The first kappa shape index (κ1) is 18.7. The molecule has 0 radical (unpaired) electrons. The van der Waals surface area contributed by atoms with Crippen molar-refractivity contribution >= 4 is 16.6 Å². The summed E-state index contributed by atoms with van der Waals surface area (Å²) >= 11 is 0. The number of hydrogen-bond acceptors (Lipinski definition) is 5. The summed E-state index contributed by atoms with van der Waals surface area (Å²) in [4.78, 5) is 15.9. The molecule has 3 aromatic carbocycles. The predicted molar refractivity (Wildman–Crippen MR) is 118 cm³/mol. The molecule has 1 atom stereocenters. The van der Waals surface area contributed by atoms with Crippen LogP contribution in [-0.2, 0) is 19.3 Å². The van der Waals surface area contributed by atoms with Crippen molar-refractivity contribution in [3.05, 3.63) is 64.2 Å². The van der Waals surface area contributed by atoms with E-state index in [1.807, 2.05) is 6.07 Å². The van der Waals surface area contributed by atoms with Crippen molar-refractivity contribution in [1.82, 2.24) is 4.90 Å². The third-order valence-corrected chi connectivity index (χ3v) is 7.10. The van der Waals surface area contributed by atoms with Gasteiger partial charge in [0.2, 0.25) is 12.5 Å². The average molecular weight is 415 g/mol. The minimum absolute atomic E-state index is 0.0660. The van der Waals surface area contributed by atoms with Crippen LogP contribution in [0.1, 0.15) is 45.1 Å². The molecule has 0 N–H and O–H groups in total. The molecule has 5 heteroatoms. The van der Waals surface area contributed by atoms with Crippen molar-refractivity contribution in [2.75, 3.05) is 27.5 Å². The smallest absolute Gasteiger partial charge is 0.231 e. The van der Waals surface area contributed by atoms with E-state index in [1.54, 1.807) is 7.11 Å². The molecule has 0 aromatic heterocycles. The number of nitrogens with zero attached hydrogens (tertiary/aromatic N) is 1. The molecule has 0 unspecified atom stereocenters. The molecule has 31 heavy (non-hydrogen) atoms. The molecular weight excluding hydrogens is 390 g/mol. The number of rotatable bonds is 4. The first-order valence-corrected chi connectivity index (χ1v) is 10.9. The number of aryl methyl sites for hydroxylation is 2. The van der Waals surface area contributed by atoms with E-state index in [1.165, 1.54) is 22.1 Å². The molecule has 6 rings (SSSR count). The van der Waals surface area contributed by atoms with Crippen LogP contribution in [0.15, 0.2) is 36.4 Å². The van der Waals surface area contributed by atoms with Crippen LogP contribution in [0.4, 0.5) is 0 Å². The van der Waals surface area contributed by atoms with Crippen LogP contribution >= 0.6 is 0 Å². The summed E-state index contributed by atoms with van der Waals surface area (Å²) in [5.74, 6) is 2.26. The second-order valence-electron chi connectivity index (χ2n) is 8.70. The highest BCUT2D eigenvalue weighted by atomic mass is 16.7. The summed E-state index contributed by atoms with van der Waals surface area (Å²) < 4.78 is 17.1. The van der Waals surface area contributed by atoms with Crippen LogP contribution in [0, 0.1) is 0 Å². The Hall–Kier alpha value is -3.05. The van der Waals surface area contributed by atoms with Crippen LogP contribution in [0.3, 0.4) is 0 Å². The number of ketones is 1. The Bertz CT molecular complexity index is 1220. The molecule has 0 fully saturated rings. The maximum Gasteiger partial charge on any atom is 0.231 e. The Morgan fingerprint density at radius 3 is 2.77 bits per heavy atom. The fraction of sp³-hybridized carbons (Fsp3) is 0.346. The molecule has 2 aliphatic heterocycles. The number of carbonyl (C=O) groups is 1. The minimum Gasteiger partial charge on any atom is -0.492 e. The molecule has 2 heterocycles. The number of likely N-dealkylation sites (N-methyl/N-ethyl adjacent to an activating group) is 1. The van der Waals surface area contributed by atoms with E-state index < -0.39 is 0 Å². The fourth-order valence-corrected chi connectivity index (χ4v) is 5.56. The van der Waals surface area contributed by atoms with E-state index >= 15 is 0 Å². The largest absolute Gasteiger partial charge is 0.492 e. The Morgan fingerprint density at radius 2 is 1.94 bits per heavy atom. The maximum absolute atomic E-state index is 13.6. The molecule has 158 valence electrons. The van der Waals surface area contributed by atoms with Crippen molar-refractivity contribution in [3.63, 3.8) is 0 Å². The van der Waals surface area contributed by atoms with Crippen molar-refractivity contribution in [3.8, 4) is 17.2 Å². The van der Waals surface area contributed by atoms with Gasteiger partial charge in [-0.1, -0.05) is 30.3 Å². The van der Waals surface area contributed by atoms with E-state index in [-0.39, 0.29) is 18.6 Å². The van der Waals surface area contributed by atoms with Crippen molar-refractivity contribution < 1.29 is 19.0 Å². The monoisotopic (exact) mass is 415 g/mol. The maximum atomic E-state index is 13.6. The van der Waals surface area contributed by atoms with Gasteiger partial charge in [-0.3, -0.25) is 9.69 Å². The molecule has 0 spiro atoms. The molecule has 3 aliphatic rings. The van der Waals surface area contributed by atoms with Gasteiger partial charge < -0.3 is 14.2 Å². The molecule has 0 amide bonds. The first-order valence-electron chi connectivity index (χ1n) is 10.9. The third kappa shape index (κ3) is 2.76. The lowest BCUT2D eigenvalue weighted by Crippen LogP contribution is -2.34. The van der Waals surface area contributed by atoms with Gasteiger partial charge in [0, 0.05) is 30.1 Å². The molecule has 0 saturated heterocycles. The van der Waals surface area contributed by atoms with E-state index in [4.69, 9.17) is 14.2 Å². The number of hydrogen-bond donors (Lipinski definition) is 0. The van der Waals surface area contributed by atoms with Crippen LogP contribution in [0.25, 0.3) is 10.8 Å². The van der Waals surface area contributed by atoms with Crippen LogP contribution in [0.2, 0.25) is 0 Å². The summed E-state index contributed by atoms with van der Waals surface area (Å²) in [6.45, 7) is 1.09. The Kier molecular flexibility index (Phi) is 4.22. The summed E-state index contributed by atoms with van der Waals surface area (Å²) in [5.41, 5.74) is 5.77. The molecule has 1 aliphatic carbocycles. The molecule has 5 nitrogen and oxygen atoms in total. The van der Waals surface area contributed by atoms with Gasteiger partial charge in [0.25, 0.3) is 0 Å². The zero-order valence-corrected chi connectivity index (χ0v) is 17.9. The van der Waals surface area contributed by atoms with E-state index in [9.17, 15) is 4.79 Å². The van der Waals surface area contributed by atoms with E-state index in [0.717, 1.165) is 48.1 Å². The summed E-state index contributed by atoms with van der Waals surface area (Å²) in [6, 6.07) is 12.5. The van der Waals surface area contributed by atoms with E-state index in [2.05, 4.69) is 42.3 Å². The number of methoxy groups -OCH3 is 1. The minimum atomic E-state index is -0.0660. The fourth-order valence-electron chi connectivity index (χ4n) is 5.56. The predicted octanol–water partition coefficient (Wildman–Crippen LogP) is 4.48. The highest BCUT2D eigenvalue weighted by Gasteiger charge is 2.35. The number of ether oxygens (including phenoxy) is 3. The van der Waals surface area contributed by atoms with Gasteiger partial charge >= 0.3 is 0 Å². The highest BCUT2D eigenvalue weighted by Crippen LogP contribution is 2.50. The highest BCUT2D eigenvalue weighted by molar-refractivity contribution is 6.10. The molecule has 0 bridgehead atoms. The number of benzene rings is 3. The Morgan fingerprint density at radius 1 is 1.10 bits per heavy atom. The zero-order chi connectivity index (χ0) is 21.1. The summed E-state index contributed by atoms with van der Waals surface area (Å²) in [7, 11) is 3.74. The molecular formula is C26H25NO4. The lowest BCUT2D eigenvalue weighted by atomic mass is 9.86. The summed E-state index contributed by atoms with van der Waals surface area (Å²) in [5, 5.41) is 2.38. The topological polar surface area (TPSA) is 48.0 Å². The van der Waals surface area contributed by atoms with Crippen LogP contribution < -0.4 is 14.2 Å². The van der Waals surface area contributed by atoms with Crippen LogP contribution in [-0.4, -0.2) is 38.2 Å². The van der Waals surface area contributed by atoms with Gasteiger partial charge in [-0.2, -0.15) is 0 Å². The lowest BCUT2D eigenvalue weighted by Gasteiger charge is -2.35. The van der Waals surface area contributed by atoms with Gasteiger partial charge in [0.05, 0.1) is 7.11 Å². The second-order valence-corrected chi connectivity index (χ2v) is 8.70. The zero-order valence-electron chi connectivity index (χ0n) is 17.9. The first-order chi connectivity index (χ1) is 15.2. The normalized spacial score (nSPS) is 19.0. The van der Waals surface area contributed by atoms with Crippen molar-refractivity contribution in [2.24, 2.45) is 0 Å².